The Morgan fingerprint density at radius 1 is 1.35 bits per heavy atom. The van der Waals surface area contributed by atoms with Crippen molar-refractivity contribution in [2.75, 3.05) is 26.2 Å². The Bertz CT molecular complexity index is 411. The molecule has 1 aliphatic heterocycles. The molecule has 1 saturated heterocycles. The number of hydrogen-bond donors (Lipinski definition) is 1. The number of nitrogens with zero attached hydrogens (tertiary/aromatic N) is 1. The summed E-state index contributed by atoms with van der Waals surface area (Å²) in [7, 11) is 0. The Labute approximate surface area is 135 Å². The lowest BCUT2D eigenvalue weighted by atomic mass is 9.99. The summed E-state index contributed by atoms with van der Waals surface area (Å²) in [5.41, 5.74) is 1.23. The van der Waals surface area contributed by atoms with Crippen LogP contribution in [-0.2, 0) is 0 Å². The van der Waals surface area contributed by atoms with E-state index >= 15 is 0 Å². The molecule has 1 aromatic carbocycles. The van der Waals surface area contributed by atoms with Gasteiger partial charge < -0.3 is 5.32 Å². The number of hydrogen-bond acceptors (Lipinski definition) is 2. The molecule has 1 N–H and O–H groups in total. The van der Waals surface area contributed by atoms with Crippen molar-refractivity contribution in [1.29, 1.82) is 0 Å². The highest BCUT2D eigenvalue weighted by Gasteiger charge is 2.22. The summed E-state index contributed by atoms with van der Waals surface area (Å²) in [6.45, 7) is 6.46. The maximum absolute atomic E-state index is 13.4. The molecule has 0 radical (unpaired) electrons. The zero-order chi connectivity index (χ0) is 13.7. The minimum absolute atomic E-state index is 0. The lowest BCUT2D eigenvalue weighted by Crippen LogP contribution is -2.45. The summed E-state index contributed by atoms with van der Waals surface area (Å²) in [6, 6.07) is 5.86. The van der Waals surface area contributed by atoms with Gasteiger partial charge >= 0.3 is 0 Å². The zero-order valence-electron chi connectivity index (χ0n) is 11.9. The summed E-state index contributed by atoms with van der Waals surface area (Å²) in [4.78, 5) is 2.52. The largest absolute Gasteiger partial charge is 0.314 e. The standard InChI is InChI=1S/C15H22BrFN2.ClH/c1-2-3-4-15(19-9-7-18-8-10-19)12-5-6-14(17)13(16)11-12;/h5-6,11,15,18H,2-4,7-10H2,1H3;1H/t15-;/m1./s1. The molecule has 0 bridgehead atoms. The highest BCUT2D eigenvalue weighted by Crippen LogP contribution is 2.29. The van der Waals surface area contributed by atoms with E-state index < -0.39 is 0 Å². The fourth-order valence-electron chi connectivity index (χ4n) is 2.67. The van der Waals surface area contributed by atoms with E-state index in [-0.39, 0.29) is 18.2 Å². The van der Waals surface area contributed by atoms with Crippen LogP contribution in [0.2, 0.25) is 0 Å². The predicted molar refractivity (Wildman–Crippen MR) is 88.1 cm³/mol. The maximum Gasteiger partial charge on any atom is 0.137 e. The van der Waals surface area contributed by atoms with Gasteiger partial charge in [-0.2, -0.15) is 0 Å². The highest BCUT2D eigenvalue weighted by molar-refractivity contribution is 9.10. The third kappa shape index (κ3) is 4.69. The van der Waals surface area contributed by atoms with Gasteiger partial charge in [0, 0.05) is 32.2 Å². The molecule has 1 aromatic rings. The fraction of sp³-hybridized carbons (Fsp3) is 0.600. The van der Waals surface area contributed by atoms with E-state index in [9.17, 15) is 4.39 Å². The van der Waals surface area contributed by atoms with Gasteiger partial charge in [0.2, 0.25) is 0 Å². The van der Waals surface area contributed by atoms with Crippen LogP contribution in [0.4, 0.5) is 4.39 Å². The van der Waals surface area contributed by atoms with Crippen LogP contribution < -0.4 is 5.32 Å². The van der Waals surface area contributed by atoms with E-state index in [4.69, 9.17) is 0 Å². The van der Waals surface area contributed by atoms with Gasteiger partial charge in [-0.25, -0.2) is 4.39 Å². The molecule has 0 aromatic heterocycles. The molecule has 1 fully saturated rings. The number of rotatable bonds is 5. The van der Waals surface area contributed by atoms with E-state index in [0.717, 1.165) is 32.6 Å². The van der Waals surface area contributed by atoms with Gasteiger partial charge in [-0.15, -0.1) is 12.4 Å². The van der Waals surface area contributed by atoms with Gasteiger partial charge in [0.05, 0.1) is 4.47 Å². The lowest BCUT2D eigenvalue weighted by molar-refractivity contribution is 0.163. The summed E-state index contributed by atoms with van der Waals surface area (Å²) in [6.07, 6.45) is 3.56. The average molecular weight is 366 g/mol. The van der Waals surface area contributed by atoms with Crippen LogP contribution in [-0.4, -0.2) is 31.1 Å². The van der Waals surface area contributed by atoms with Crippen LogP contribution >= 0.6 is 28.3 Å². The highest BCUT2D eigenvalue weighted by atomic mass is 79.9. The molecule has 0 spiro atoms. The first-order valence-corrected chi connectivity index (χ1v) is 7.91. The second-order valence-corrected chi connectivity index (χ2v) is 5.97. The van der Waals surface area contributed by atoms with Gasteiger partial charge in [0.25, 0.3) is 0 Å². The zero-order valence-corrected chi connectivity index (χ0v) is 14.3. The first-order valence-electron chi connectivity index (χ1n) is 7.12. The molecule has 1 heterocycles. The van der Waals surface area contributed by atoms with Crippen LogP contribution in [0.15, 0.2) is 22.7 Å². The molecule has 0 amide bonds. The maximum atomic E-state index is 13.4. The number of nitrogens with one attached hydrogen (secondary N) is 1. The summed E-state index contributed by atoms with van der Waals surface area (Å²) in [5.74, 6) is -0.182. The molecule has 1 aliphatic rings. The van der Waals surface area contributed by atoms with Gasteiger partial charge in [-0.05, 0) is 40.0 Å². The molecule has 0 aliphatic carbocycles. The third-order valence-corrected chi connectivity index (χ3v) is 4.36. The molecular formula is C15H23BrClFN2. The smallest absolute Gasteiger partial charge is 0.137 e. The van der Waals surface area contributed by atoms with E-state index in [1.165, 1.54) is 18.4 Å². The average Bonchev–Trinajstić information content (AvgIpc) is 2.44. The number of benzene rings is 1. The third-order valence-electron chi connectivity index (χ3n) is 3.75. The van der Waals surface area contributed by atoms with Crippen molar-refractivity contribution < 1.29 is 4.39 Å². The molecule has 2 rings (SSSR count). The van der Waals surface area contributed by atoms with Crippen molar-refractivity contribution >= 4 is 28.3 Å². The second kappa shape index (κ2) is 8.98. The topological polar surface area (TPSA) is 15.3 Å². The molecular weight excluding hydrogens is 343 g/mol. The van der Waals surface area contributed by atoms with Crippen LogP contribution in [0.1, 0.15) is 37.8 Å². The molecule has 5 heteroatoms. The summed E-state index contributed by atoms with van der Waals surface area (Å²) in [5, 5.41) is 3.39. The Morgan fingerprint density at radius 3 is 2.65 bits per heavy atom. The first-order chi connectivity index (χ1) is 9.22. The van der Waals surface area contributed by atoms with Crippen molar-refractivity contribution in [3.05, 3.63) is 34.1 Å². The van der Waals surface area contributed by atoms with Crippen LogP contribution in [0, 0.1) is 5.82 Å². The van der Waals surface area contributed by atoms with Crippen molar-refractivity contribution in [1.82, 2.24) is 10.2 Å². The second-order valence-electron chi connectivity index (χ2n) is 5.12. The lowest BCUT2D eigenvalue weighted by Gasteiger charge is -2.35. The molecule has 0 saturated carbocycles. The van der Waals surface area contributed by atoms with Crippen molar-refractivity contribution in [2.24, 2.45) is 0 Å². The van der Waals surface area contributed by atoms with E-state index in [1.807, 2.05) is 12.1 Å². The number of unbranched alkanes of at least 4 members (excludes halogenated alkanes) is 1. The Morgan fingerprint density at radius 2 is 2.05 bits per heavy atom. The van der Waals surface area contributed by atoms with Gasteiger partial charge in [0.1, 0.15) is 5.82 Å². The Kier molecular flexibility index (Phi) is 8.03. The van der Waals surface area contributed by atoms with Crippen LogP contribution in [0.25, 0.3) is 0 Å². The predicted octanol–water partition coefficient (Wildman–Crippen LogP) is 4.15. The number of piperazine rings is 1. The van der Waals surface area contributed by atoms with Gasteiger partial charge in [-0.3, -0.25) is 4.90 Å². The van der Waals surface area contributed by atoms with Crippen molar-refractivity contribution in [3.8, 4) is 0 Å². The quantitative estimate of drug-likeness (QED) is 0.843. The minimum Gasteiger partial charge on any atom is -0.314 e. The first kappa shape index (κ1) is 17.9. The molecule has 20 heavy (non-hydrogen) atoms. The molecule has 0 unspecified atom stereocenters. The van der Waals surface area contributed by atoms with Crippen molar-refractivity contribution in [3.63, 3.8) is 0 Å². The van der Waals surface area contributed by atoms with Gasteiger partial charge in [0.15, 0.2) is 0 Å². The van der Waals surface area contributed by atoms with E-state index in [1.54, 1.807) is 6.07 Å². The molecule has 2 nitrogen and oxygen atoms in total. The summed E-state index contributed by atoms with van der Waals surface area (Å²) >= 11 is 3.30. The number of halogens is 3. The van der Waals surface area contributed by atoms with E-state index in [0.29, 0.717) is 10.5 Å². The minimum atomic E-state index is -0.182. The SMILES string of the molecule is CCCC[C@H](c1ccc(F)c(Br)c1)N1CCNCC1.Cl. The summed E-state index contributed by atoms with van der Waals surface area (Å²) < 4.78 is 14.0. The van der Waals surface area contributed by atoms with Gasteiger partial charge in [-0.1, -0.05) is 25.8 Å². The van der Waals surface area contributed by atoms with E-state index in [2.05, 4.69) is 33.1 Å². The molecule has 114 valence electrons. The normalized spacial score (nSPS) is 17.6. The monoisotopic (exact) mass is 364 g/mol. The van der Waals surface area contributed by atoms with Crippen molar-refractivity contribution in [2.45, 2.75) is 32.2 Å². The fourth-order valence-corrected chi connectivity index (χ4v) is 3.07. The Balaban J connectivity index is 0.00000200. The molecule has 1 atom stereocenters. The Hall–Kier alpha value is -0.160. The van der Waals surface area contributed by atoms with Crippen LogP contribution in [0.3, 0.4) is 0 Å². The van der Waals surface area contributed by atoms with Crippen LogP contribution in [0.5, 0.6) is 0 Å².